The van der Waals surface area contributed by atoms with E-state index < -0.39 is 5.82 Å². The summed E-state index contributed by atoms with van der Waals surface area (Å²) in [4.78, 5) is 13.8. The molecule has 3 nitrogen and oxygen atoms in total. The molecule has 0 spiro atoms. The SMILES string of the molecule is CN(C(=O)c1cc(Cl)c(Br)cc1F)C1CCNC1.Cl. The molecule has 1 aromatic rings. The Hall–Kier alpha value is -0.360. The monoisotopic (exact) mass is 370 g/mol. The summed E-state index contributed by atoms with van der Waals surface area (Å²) >= 11 is 9.02. The van der Waals surface area contributed by atoms with Crippen LogP contribution in [-0.4, -0.2) is 37.0 Å². The van der Waals surface area contributed by atoms with Crippen LogP contribution in [0.1, 0.15) is 16.8 Å². The molecule has 19 heavy (non-hydrogen) atoms. The number of hydrogen-bond acceptors (Lipinski definition) is 2. The zero-order valence-electron chi connectivity index (χ0n) is 10.3. The summed E-state index contributed by atoms with van der Waals surface area (Å²) < 4.78 is 14.2. The van der Waals surface area contributed by atoms with Crippen LogP contribution in [0, 0.1) is 5.82 Å². The normalized spacial score (nSPS) is 18.0. The summed E-state index contributed by atoms with van der Waals surface area (Å²) in [6.07, 6.45) is 0.883. The highest BCUT2D eigenvalue weighted by Gasteiger charge is 2.26. The molecule has 0 aliphatic carbocycles. The van der Waals surface area contributed by atoms with Crippen molar-refractivity contribution in [3.8, 4) is 0 Å². The van der Waals surface area contributed by atoms with Gasteiger partial charge in [0.1, 0.15) is 5.82 Å². The minimum absolute atomic E-state index is 0. The number of carbonyl (C=O) groups is 1. The maximum Gasteiger partial charge on any atom is 0.256 e. The predicted molar refractivity (Wildman–Crippen MR) is 79.7 cm³/mol. The first-order valence-electron chi connectivity index (χ1n) is 5.63. The first-order chi connectivity index (χ1) is 8.50. The fourth-order valence-electron chi connectivity index (χ4n) is 2.01. The van der Waals surface area contributed by atoms with Crippen molar-refractivity contribution in [3.05, 3.63) is 33.0 Å². The van der Waals surface area contributed by atoms with Gasteiger partial charge in [-0.3, -0.25) is 4.79 Å². The molecule has 0 saturated carbocycles. The topological polar surface area (TPSA) is 32.3 Å². The Morgan fingerprint density at radius 2 is 2.26 bits per heavy atom. The van der Waals surface area contributed by atoms with E-state index in [-0.39, 0.29) is 29.9 Å². The van der Waals surface area contributed by atoms with Crippen LogP contribution in [0.2, 0.25) is 5.02 Å². The molecule has 1 aliphatic heterocycles. The summed E-state index contributed by atoms with van der Waals surface area (Å²) in [5, 5.41) is 3.50. The third-order valence-electron chi connectivity index (χ3n) is 3.14. The molecule has 106 valence electrons. The Bertz CT molecular complexity index is 481. The van der Waals surface area contributed by atoms with E-state index in [2.05, 4.69) is 21.2 Å². The molecule has 1 saturated heterocycles. The van der Waals surface area contributed by atoms with Crippen LogP contribution in [0.15, 0.2) is 16.6 Å². The number of amides is 1. The van der Waals surface area contributed by atoms with Gasteiger partial charge >= 0.3 is 0 Å². The van der Waals surface area contributed by atoms with Crippen molar-refractivity contribution >= 4 is 45.8 Å². The standard InChI is InChI=1S/C12H13BrClFN2O.ClH/c1-17(7-2-3-16-6-7)12(18)8-4-10(14)9(13)5-11(8)15;/h4-5,7,16H,2-3,6H2,1H3;1H. The van der Waals surface area contributed by atoms with Crippen LogP contribution in [-0.2, 0) is 0 Å². The summed E-state index contributed by atoms with van der Waals surface area (Å²) in [5.74, 6) is -0.898. The van der Waals surface area contributed by atoms with Crippen LogP contribution < -0.4 is 5.32 Å². The van der Waals surface area contributed by atoms with Gasteiger partial charge in [-0.1, -0.05) is 11.6 Å². The van der Waals surface area contributed by atoms with E-state index in [1.165, 1.54) is 12.1 Å². The Kier molecular flexibility index (Phi) is 6.05. The molecule has 7 heteroatoms. The number of hydrogen-bond donors (Lipinski definition) is 1. The summed E-state index contributed by atoms with van der Waals surface area (Å²) in [6, 6.07) is 2.69. The van der Waals surface area contributed by atoms with E-state index in [9.17, 15) is 9.18 Å². The summed E-state index contributed by atoms with van der Waals surface area (Å²) in [7, 11) is 1.69. The van der Waals surface area contributed by atoms with Crippen LogP contribution in [0.4, 0.5) is 4.39 Å². The van der Waals surface area contributed by atoms with Gasteiger partial charge in [0.25, 0.3) is 5.91 Å². The second kappa shape index (κ2) is 6.88. The van der Waals surface area contributed by atoms with Gasteiger partial charge in [0.15, 0.2) is 0 Å². The minimum Gasteiger partial charge on any atom is -0.337 e. The van der Waals surface area contributed by atoms with Crippen LogP contribution >= 0.6 is 39.9 Å². The van der Waals surface area contributed by atoms with E-state index in [0.29, 0.717) is 9.50 Å². The van der Waals surface area contributed by atoms with Gasteiger partial charge in [-0.15, -0.1) is 12.4 Å². The van der Waals surface area contributed by atoms with Gasteiger partial charge in [-0.05, 0) is 41.0 Å². The lowest BCUT2D eigenvalue weighted by molar-refractivity contribution is 0.0739. The molecule has 0 bridgehead atoms. The van der Waals surface area contributed by atoms with Crippen LogP contribution in [0.25, 0.3) is 0 Å². The molecule has 1 aliphatic rings. The molecule has 2 rings (SSSR count). The second-order valence-corrected chi connectivity index (χ2v) is 5.57. The van der Waals surface area contributed by atoms with Gasteiger partial charge in [0, 0.05) is 24.1 Å². The largest absolute Gasteiger partial charge is 0.337 e. The molecule has 1 N–H and O–H groups in total. The maximum atomic E-state index is 13.8. The highest BCUT2D eigenvalue weighted by atomic mass is 79.9. The molecule has 1 fully saturated rings. The van der Waals surface area contributed by atoms with E-state index in [1.807, 2.05) is 0 Å². The molecular formula is C12H14BrCl2FN2O. The molecule has 0 aromatic heterocycles. The third kappa shape index (κ3) is 3.60. The quantitative estimate of drug-likeness (QED) is 0.810. The van der Waals surface area contributed by atoms with Crippen molar-refractivity contribution in [2.75, 3.05) is 20.1 Å². The van der Waals surface area contributed by atoms with E-state index in [1.54, 1.807) is 11.9 Å². The van der Waals surface area contributed by atoms with Gasteiger partial charge in [-0.2, -0.15) is 0 Å². The lowest BCUT2D eigenvalue weighted by Gasteiger charge is -2.24. The average Bonchev–Trinajstić information content (AvgIpc) is 2.85. The smallest absolute Gasteiger partial charge is 0.256 e. The molecule has 1 heterocycles. The number of nitrogens with zero attached hydrogens (tertiary/aromatic N) is 1. The summed E-state index contributed by atoms with van der Waals surface area (Å²) in [6.45, 7) is 1.62. The molecule has 1 amide bonds. The maximum absolute atomic E-state index is 13.8. The van der Waals surface area contributed by atoms with Gasteiger partial charge in [0.2, 0.25) is 0 Å². The fourth-order valence-corrected chi connectivity index (χ4v) is 2.49. The highest BCUT2D eigenvalue weighted by Crippen LogP contribution is 2.26. The van der Waals surface area contributed by atoms with Crippen molar-refractivity contribution in [2.24, 2.45) is 0 Å². The first kappa shape index (κ1) is 16.7. The van der Waals surface area contributed by atoms with Gasteiger partial charge < -0.3 is 10.2 Å². The Morgan fingerprint density at radius 1 is 1.58 bits per heavy atom. The van der Waals surface area contributed by atoms with Crippen LogP contribution in [0.3, 0.4) is 0 Å². The lowest BCUT2D eigenvalue weighted by atomic mass is 10.1. The Morgan fingerprint density at radius 3 is 2.84 bits per heavy atom. The average molecular weight is 372 g/mol. The number of likely N-dealkylation sites (N-methyl/N-ethyl adjacent to an activating group) is 1. The van der Waals surface area contributed by atoms with Crippen LogP contribution in [0.5, 0.6) is 0 Å². The van der Waals surface area contributed by atoms with Gasteiger partial charge in [0.05, 0.1) is 10.6 Å². The molecule has 1 aromatic carbocycles. The number of rotatable bonds is 2. The molecular weight excluding hydrogens is 358 g/mol. The molecule has 0 radical (unpaired) electrons. The second-order valence-electron chi connectivity index (χ2n) is 4.31. The van der Waals surface area contributed by atoms with Crippen molar-refractivity contribution in [2.45, 2.75) is 12.5 Å². The van der Waals surface area contributed by atoms with E-state index in [4.69, 9.17) is 11.6 Å². The molecule has 1 atom stereocenters. The van der Waals surface area contributed by atoms with Crippen molar-refractivity contribution in [3.63, 3.8) is 0 Å². The number of benzene rings is 1. The predicted octanol–water partition coefficient (Wildman–Crippen LogP) is 3.10. The van der Waals surface area contributed by atoms with Crippen molar-refractivity contribution < 1.29 is 9.18 Å². The zero-order valence-corrected chi connectivity index (χ0v) is 13.4. The van der Waals surface area contributed by atoms with Crippen molar-refractivity contribution in [1.29, 1.82) is 0 Å². The Balaban J connectivity index is 0.00000180. The van der Waals surface area contributed by atoms with E-state index >= 15 is 0 Å². The molecule has 1 unspecified atom stereocenters. The first-order valence-corrected chi connectivity index (χ1v) is 6.80. The third-order valence-corrected chi connectivity index (χ3v) is 4.34. The minimum atomic E-state index is -0.561. The fraction of sp³-hybridized carbons (Fsp3) is 0.417. The Labute approximate surface area is 131 Å². The summed E-state index contributed by atoms with van der Waals surface area (Å²) in [5.41, 5.74) is 0.0117. The van der Waals surface area contributed by atoms with Crippen molar-refractivity contribution in [1.82, 2.24) is 10.2 Å². The zero-order chi connectivity index (χ0) is 13.3. The van der Waals surface area contributed by atoms with E-state index in [0.717, 1.165) is 19.5 Å². The highest BCUT2D eigenvalue weighted by molar-refractivity contribution is 9.10. The lowest BCUT2D eigenvalue weighted by Crippen LogP contribution is -2.38. The number of halogens is 4. The number of nitrogens with one attached hydrogen (secondary N) is 1. The number of carbonyl (C=O) groups excluding carboxylic acids is 1. The van der Waals surface area contributed by atoms with Gasteiger partial charge in [-0.25, -0.2) is 4.39 Å².